The van der Waals surface area contributed by atoms with E-state index in [2.05, 4.69) is 16.9 Å². The van der Waals surface area contributed by atoms with Crippen LogP contribution in [-0.4, -0.2) is 16.6 Å². The summed E-state index contributed by atoms with van der Waals surface area (Å²) >= 11 is 5.52. The molecule has 1 aromatic heterocycles. The third kappa shape index (κ3) is 6.41. The first-order chi connectivity index (χ1) is 9.43. The van der Waals surface area contributed by atoms with Gasteiger partial charge in [-0.25, -0.2) is 4.98 Å². The minimum atomic E-state index is -4.62. The molecule has 0 aliphatic rings. The molecule has 0 aromatic carbocycles. The second-order valence-corrected chi connectivity index (χ2v) is 4.85. The van der Waals surface area contributed by atoms with E-state index in [-0.39, 0.29) is 11.0 Å². The molecule has 0 fully saturated rings. The summed E-state index contributed by atoms with van der Waals surface area (Å²) in [5.74, 6) is -1.41. The maximum atomic E-state index is 12.5. The van der Waals surface area contributed by atoms with Crippen LogP contribution in [0.2, 0.25) is 5.15 Å². The molecule has 0 spiro atoms. The highest BCUT2D eigenvalue weighted by Crippen LogP contribution is 2.28. The van der Waals surface area contributed by atoms with E-state index in [0.717, 1.165) is 19.3 Å². The van der Waals surface area contributed by atoms with E-state index in [9.17, 15) is 13.2 Å². The molecule has 1 heterocycles. The average molecular weight is 311 g/mol. The lowest BCUT2D eigenvalue weighted by molar-refractivity contribution is -0.145. The molecule has 1 rings (SSSR count). The van der Waals surface area contributed by atoms with E-state index in [1.54, 1.807) is 0 Å². The van der Waals surface area contributed by atoms with Crippen LogP contribution in [0.15, 0.2) is 6.07 Å². The summed E-state index contributed by atoms with van der Waals surface area (Å²) in [6, 6.07) is 1.19. The molecule has 0 N–H and O–H groups in total. The Kier molecular flexibility index (Phi) is 7.05. The topological polar surface area (TPSA) is 35.0 Å². The molecule has 0 aliphatic heterocycles. The molecule has 7 heteroatoms. The molecule has 114 valence electrons. The van der Waals surface area contributed by atoms with Gasteiger partial charge in [0.2, 0.25) is 11.7 Å². The number of ether oxygens (including phenoxy) is 1. The predicted octanol–water partition coefficient (Wildman–Crippen LogP) is 4.89. The first-order valence-corrected chi connectivity index (χ1v) is 7.06. The summed E-state index contributed by atoms with van der Waals surface area (Å²) in [6.45, 7) is 2.47. The van der Waals surface area contributed by atoms with Gasteiger partial charge in [0.25, 0.3) is 0 Å². The van der Waals surface area contributed by atoms with Gasteiger partial charge < -0.3 is 4.74 Å². The van der Waals surface area contributed by atoms with Gasteiger partial charge in [-0.3, -0.25) is 0 Å². The lowest BCUT2D eigenvalue weighted by Gasteiger charge is -2.09. The first kappa shape index (κ1) is 17.0. The average Bonchev–Trinajstić information content (AvgIpc) is 2.36. The van der Waals surface area contributed by atoms with Gasteiger partial charge in [-0.2, -0.15) is 18.2 Å². The van der Waals surface area contributed by atoms with Crippen LogP contribution in [0.3, 0.4) is 0 Å². The molecule has 0 unspecified atom stereocenters. The monoisotopic (exact) mass is 310 g/mol. The van der Waals surface area contributed by atoms with Crippen molar-refractivity contribution in [2.75, 3.05) is 6.61 Å². The third-order valence-electron chi connectivity index (χ3n) is 2.67. The molecule has 0 aliphatic carbocycles. The Labute approximate surface area is 121 Å². The largest absolute Gasteiger partial charge is 0.478 e. The van der Waals surface area contributed by atoms with Crippen molar-refractivity contribution in [3.05, 3.63) is 17.0 Å². The fourth-order valence-corrected chi connectivity index (χ4v) is 1.83. The van der Waals surface area contributed by atoms with Crippen LogP contribution in [0.4, 0.5) is 13.2 Å². The van der Waals surface area contributed by atoms with Crippen molar-refractivity contribution < 1.29 is 17.9 Å². The van der Waals surface area contributed by atoms with Crippen molar-refractivity contribution in [3.8, 4) is 5.88 Å². The van der Waals surface area contributed by atoms with Crippen molar-refractivity contribution in [1.82, 2.24) is 9.97 Å². The Morgan fingerprint density at radius 2 is 1.75 bits per heavy atom. The minimum Gasteiger partial charge on any atom is -0.478 e. The number of aromatic nitrogens is 2. The predicted molar refractivity (Wildman–Crippen MR) is 70.9 cm³/mol. The highest BCUT2D eigenvalue weighted by molar-refractivity contribution is 6.29. The Morgan fingerprint density at radius 1 is 1.10 bits per heavy atom. The Bertz CT molecular complexity index is 413. The smallest absolute Gasteiger partial charge is 0.451 e. The molecule has 1 aromatic rings. The van der Waals surface area contributed by atoms with Crippen LogP contribution in [0.5, 0.6) is 5.88 Å². The van der Waals surface area contributed by atoms with E-state index < -0.39 is 12.0 Å². The summed E-state index contributed by atoms with van der Waals surface area (Å²) in [4.78, 5) is 6.44. The molecule has 3 nitrogen and oxygen atoms in total. The Hall–Kier alpha value is -1.04. The van der Waals surface area contributed by atoms with Crippen molar-refractivity contribution in [2.24, 2.45) is 0 Å². The van der Waals surface area contributed by atoms with Crippen LogP contribution >= 0.6 is 11.6 Å². The first-order valence-electron chi connectivity index (χ1n) is 6.68. The summed E-state index contributed by atoms with van der Waals surface area (Å²) in [6.07, 6.45) is 1.82. The van der Waals surface area contributed by atoms with Gasteiger partial charge in [-0.15, -0.1) is 0 Å². The number of hydrogen-bond acceptors (Lipinski definition) is 3. The molecule has 20 heavy (non-hydrogen) atoms. The molecule has 0 amide bonds. The van der Waals surface area contributed by atoms with Crippen molar-refractivity contribution in [3.63, 3.8) is 0 Å². The molecule has 0 saturated carbocycles. The number of hydrogen-bond donors (Lipinski definition) is 0. The summed E-state index contributed by atoms with van der Waals surface area (Å²) in [7, 11) is 0. The highest BCUT2D eigenvalue weighted by Gasteiger charge is 2.35. The van der Waals surface area contributed by atoms with Crippen LogP contribution in [0.25, 0.3) is 0 Å². The van der Waals surface area contributed by atoms with Crippen LogP contribution in [-0.2, 0) is 6.18 Å². The molecule has 0 saturated heterocycles. The Morgan fingerprint density at radius 3 is 2.40 bits per heavy atom. The van der Waals surface area contributed by atoms with E-state index in [0.29, 0.717) is 6.61 Å². The zero-order valence-electron chi connectivity index (χ0n) is 11.3. The lowest BCUT2D eigenvalue weighted by Crippen LogP contribution is -2.12. The number of unbranched alkanes of at least 4 members (excludes halogenated alkanes) is 5. The van der Waals surface area contributed by atoms with Gasteiger partial charge >= 0.3 is 6.18 Å². The standard InChI is InChI=1S/C13H18ClF3N2O/c1-2-3-4-5-6-7-8-20-11-9-10(14)18-12(19-11)13(15,16)17/h9H,2-8H2,1H3. The SMILES string of the molecule is CCCCCCCCOc1cc(Cl)nc(C(F)(F)F)n1. The van der Waals surface area contributed by atoms with E-state index >= 15 is 0 Å². The number of rotatable bonds is 8. The summed E-state index contributed by atoms with van der Waals surface area (Å²) in [5.41, 5.74) is 0. The fraction of sp³-hybridized carbons (Fsp3) is 0.692. The van der Waals surface area contributed by atoms with Crippen LogP contribution in [0.1, 0.15) is 51.3 Å². The number of nitrogens with zero attached hydrogens (tertiary/aromatic N) is 2. The van der Waals surface area contributed by atoms with Crippen molar-refractivity contribution >= 4 is 11.6 Å². The minimum absolute atomic E-state index is 0.133. The van der Waals surface area contributed by atoms with Crippen molar-refractivity contribution in [2.45, 2.75) is 51.6 Å². The maximum absolute atomic E-state index is 12.5. The fourth-order valence-electron chi connectivity index (χ4n) is 1.66. The zero-order valence-corrected chi connectivity index (χ0v) is 12.1. The van der Waals surface area contributed by atoms with Crippen molar-refractivity contribution in [1.29, 1.82) is 0 Å². The second-order valence-electron chi connectivity index (χ2n) is 4.47. The van der Waals surface area contributed by atoms with E-state index in [1.165, 1.54) is 25.3 Å². The molecule has 0 atom stereocenters. The van der Waals surface area contributed by atoms with Gasteiger partial charge in [0, 0.05) is 6.07 Å². The molecular weight excluding hydrogens is 293 g/mol. The molecule has 0 radical (unpaired) electrons. The third-order valence-corrected chi connectivity index (χ3v) is 2.87. The lowest BCUT2D eigenvalue weighted by atomic mass is 10.1. The highest BCUT2D eigenvalue weighted by atomic mass is 35.5. The summed E-state index contributed by atoms with van der Waals surface area (Å²) < 4.78 is 42.6. The second kappa shape index (κ2) is 8.29. The van der Waals surface area contributed by atoms with Crippen LogP contribution in [0, 0.1) is 0 Å². The molecular formula is C13H18ClF3N2O. The van der Waals surface area contributed by atoms with E-state index in [1.807, 2.05) is 0 Å². The number of halogens is 4. The van der Waals surface area contributed by atoms with Gasteiger partial charge in [-0.1, -0.05) is 50.6 Å². The van der Waals surface area contributed by atoms with E-state index in [4.69, 9.17) is 16.3 Å². The Balaban J connectivity index is 2.39. The van der Waals surface area contributed by atoms with Gasteiger partial charge in [0.05, 0.1) is 6.61 Å². The zero-order chi connectivity index (χ0) is 15.0. The van der Waals surface area contributed by atoms with Gasteiger partial charge in [0.1, 0.15) is 5.15 Å². The van der Waals surface area contributed by atoms with Gasteiger partial charge in [-0.05, 0) is 6.42 Å². The maximum Gasteiger partial charge on any atom is 0.451 e. The normalized spacial score (nSPS) is 11.7. The molecule has 0 bridgehead atoms. The van der Waals surface area contributed by atoms with Crippen LogP contribution < -0.4 is 4.74 Å². The number of alkyl halides is 3. The van der Waals surface area contributed by atoms with Gasteiger partial charge in [0.15, 0.2) is 0 Å². The quantitative estimate of drug-likeness (QED) is 0.506. The summed E-state index contributed by atoms with van der Waals surface area (Å²) in [5, 5.41) is -0.273.